The molecule has 1 atom stereocenters. The lowest BCUT2D eigenvalue weighted by Gasteiger charge is -2.35. The number of hydrogen-bond acceptors (Lipinski definition) is 5. The molecule has 0 saturated carbocycles. The number of rotatable bonds is 3. The van der Waals surface area contributed by atoms with Crippen molar-refractivity contribution in [2.75, 3.05) is 5.32 Å². The number of nitrogens with one attached hydrogen (secondary N) is 2. The van der Waals surface area contributed by atoms with Crippen LogP contribution < -0.4 is 10.6 Å². The second-order valence-electron chi connectivity index (χ2n) is 6.34. The number of nitrogens with zero attached hydrogens (tertiary/aromatic N) is 1. The fraction of sp³-hybridized carbons (Fsp3) is 0.412. The zero-order valence-corrected chi connectivity index (χ0v) is 13.6. The fourth-order valence-electron chi connectivity index (χ4n) is 3.15. The van der Waals surface area contributed by atoms with Crippen molar-refractivity contribution in [1.29, 1.82) is 0 Å². The van der Waals surface area contributed by atoms with Crippen molar-refractivity contribution in [2.24, 2.45) is 0 Å². The molecule has 7 nitrogen and oxygen atoms in total. The van der Waals surface area contributed by atoms with Gasteiger partial charge >= 0.3 is 0 Å². The molecule has 0 radical (unpaired) electrons. The van der Waals surface area contributed by atoms with E-state index in [9.17, 15) is 19.2 Å². The van der Waals surface area contributed by atoms with Gasteiger partial charge in [-0.2, -0.15) is 0 Å². The molecule has 1 aromatic rings. The summed E-state index contributed by atoms with van der Waals surface area (Å²) in [4.78, 5) is 49.7. The molecule has 1 saturated heterocycles. The predicted octanol–water partition coefficient (Wildman–Crippen LogP) is 0.837. The molecule has 0 bridgehead atoms. The Hall–Kier alpha value is -2.70. The Labute approximate surface area is 139 Å². The predicted molar refractivity (Wildman–Crippen MR) is 86.3 cm³/mol. The van der Waals surface area contributed by atoms with Gasteiger partial charge < -0.3 is 5.32 Å². The van der Waals surface area contributed by atoms with Crippen molar-refractivity contribution >= 4 is 29.3 Å². The highest BCUT2D eigenvalue weighted by Gasteiger charge is 2.42. The number of hydrogen-bond donors (Lipinski definition) is 2. The summed E-state index contributed by atoms with van der Waals surface area (Å²) in [5.74, 6) is -1.87. The molecule has 3 rings (SSSR count). The fourth-order valence-corrected chi connectivity index (χ4v) is 3.15. The lowest BCUT2D eigenvalue weighted by molar-refractivity contribution is -0.143. The molecule has 0 spiro atoms. The smallest absolute Gasteiger partial charge is 0.261 e. The number of fused-ring (bicyclic) bond motifs is 1. The first-order valence-corrected chi connectivity index (χ1v) is 7.97. The summed E-state index contributed by atoms with van der Waals surface area (Å²) in [6, 6.07) is 4.49. The number of benzene rings is 1. The third kappa shape index (κ3) is 2.77. The number of piperidine rings is 1. The molecule has 0 aromatic heterocycles. The van der Waals surface area contributed by atoms with E-state index < -0.39 is 23.8 Å². The molecule has 0 aliphatic carbocycles. The van der Waals surface area contributed by atoms with Gasteiger partial charge in [-0.1, -0.05) is 6.07 Å². The molecule has 2 aliphatic rings. The first-order chi connectivity index (χ1) is 11.4. The minimum Gasteiger partial charge on any atom is -0.383 e. The number of carbonyl (C=O) groups is 4. The summed E-state index contributed by atoms with van der Waals surface area (Å²) in [6.07, 6.45) is 0.339. The summed E-state index contributed by atoms with van der Waals surface area (Å²) in [6.45, 7) is 3.95. The first kappa shape index (κ1) is 16.2. The summed E-state index contributed by atoms with van der Waals surface area (Å²) in [5, 5.41) is 5.43. The summed E-state index contributed by atoms with van der Waals surface area (Å²) >= 11 is 0. The van der Waals surface area contributed by atoms with E-state index >= 15 is 0 Å². The molecular weight excluding hydrogens is 310 g/mol. The van der Waals surface area contributed by atoms with Crippen molar-refractivity contribution in [1.82, 2.24) is 10.2 Å². The van der Waals surface area contributed by atoms with Crippen LogP contribution in [0.3, 0.4) is 0 Å². The van der Waals surface area contributed by atoms with Crippen LogP contribution in [0.1, 0.15) is 42.6 Å². The maximum Gasteiger partial charge on any atom is 0.261 e. The van der Waals surface area contributed by atoms with E-state index in [0.29, 0.717) is 11.1 Å². The van der Waals surface area contributed by atoms with Crippen LogP contribution in [0.2, 0.25) is 0 Å². The van der Waals surface area contributed by atoms with E-state index in [4.69, 9.17) is 0 Å². The van der Waals surface area contributed by atoms with Crippen LogP contribution in [0.15, 0.2) is 18.2 Å². The minimum atomic E-state index is -0.919. The largest absolute Gasteiger partial charge is 0.383 e. The van der Waals surface area contributed by atoms with Gasteiger partial charge in [0.25, 0.3) is 5.91 Å². The van der Waals surface area contributed by atoms with Crippen LogP contribution in [-0.4, -0.2) is 40.6 Å². The highest BCUT2D eigenvalue weighted by Crippen LogP contribution is 2.29. The van der Waals surface area contributed by atoms with Gasteiger partial charge in [-0.15, -0.1) is 0 Å². The lowest BCUT2D eigenvalue weighted by atomic mass is 9.93. The van der Waals surface area contributed by atoms with Crippen LogP contribution in [0.25, 0.3) is 0 Å². The van der Waals surface area contributed by atoms with Crippen molar-refractivity contribution < 1.29 is 19.2 Å². The van der Waals surface area contributed by atoms with Crippen LogP contribution >= 0.6 is 0 Å². The summed E-state index contributed by atoms with van der Waals surface area (Å²) in [7, 11) is 0. The van der Waals surface area contributed by atoms with Gasteiger partial charge in [-0.25, -0.2) is 0 Å². The second-order valence-corrected chi connectivity index (χ2v) is 6.34. The maximum absolute atomic E-state index is 12.8. The molecule has 24 heavy (non-hydrogen) atoms. The van der Waals surface area contributed by atoms with Gasteiger partial charge in [0.15, 0.2) is 0 Å². The Morgan fingerprint density at radius 1 is 1.21 bits per heavy atom. The Morgan fingerprint density at radius 2 is 1.96 bits per heavy atom. The molecule has 4 amide bonds. The van der Waals surface area contributed by atoms with E-state index in [-0.39, 0.29) is 31.2 Å². The number of imide groups is 2. The minimum absolute atomic E-state index is 0.0503. The van der Waals surface area contributed by atoms with Gasteiger partial charge in [-0.3, -0.25) is 29.4 Å². The first-order valence-electron chi connectivity index (χ1n) is 7.97. The van der Waals surface area contributed by atoms with E-state index in [0.717, 1.165) is 10.6 Å². The highest BCUT2D eigenvalue weighted by atomic mass is 16.2. The summed E-state index contributed by atoms with van der Waals surface area (Å²) < 4.78 is 0. The Kier molecular flexibility index (Phi) is 4.09. The molecule has 2 heterocycles. The lowest BCUT2D eigenvalue weighted by Crippen LogP contribution is -2.58. The van der Waals surface area contributed by atoms with Crippen LogP contribution in [-0.2, 0) is 20.8 Å². The molecule has 126 valence electrons. The molecule has 7 heteroatoms. The normalized spacial score (nSPS) is 21.0. The zero-order valence-electron chi connectivity index (χ0n) is 13.6. The quantitative estimate of drug-likeness (QED) is 0.801. The topological polar surface area (TPSA) is 95.6 Å². The maximum atomic E-state index is 12.8. The number of amides is 4. The van der Waals surface area contributed by atoms with Gasteiger partial charge in [0.1, 0.15) is 6.04 Å². The third-order valence-corrected chi connectivity index (χ3v) is 4.19. The molecule has 1 fully saturated rings. The van der Waals surface area contributed by atoms with Gasteiger partial charge in [0.05, 0.1) is 6.42 Å². The van der Waals surface area contributed by atoms with E-state index in [2.05, 4.69) is 10.6 Å². The second kappa shape index (κ2) is 6.07. The van der Waals surface area contributed by atoms with E-state index in [1.165, 1.54) is 0 Å². The molecule has 2 aliphatic heterocycles. The average molecular weight is 329 g/mol. The standard InChI is InChI=1S/C17H19N3O4/c1-9(2)18-12-5-3-4-10-11(12)8-15(22)20(17(10)24)13-6-7-14(21)19-16(13)23/h3-5,9,13,18H,6-8H2,1-2H3,(H,19,21,23). The van der Waals surface area contributed by atoms with Crippen LogP contribution in [0, 0.1) is 0 Å². The van der Waals surface area contributed by atoms with Crippen LogP contribution in [0.4, 0.5) is 5.69 Å². The number of carbonyl (C=O) groups excluding carboxylic acids is 4. The third-order valence-electron chi connectivity index (χ3n) is 4.19. The number of anilines is 1. The van der Waals surface area contributed by atoms with E-state index in [1.54, 1.807) is 12.1 Å². The van der Waals surface area contributed by atoms with Crippen molar-refractivity contribution in [3.63, 3.8) is 0 Å². The van der Waals surface area contributed by atoms with E-state index in [1.807, 2.05) is 19.9 Å². The van der Waals surface area contributed by atoms with Crippen LogP contribution in [0.5, 0.6) is 0 Å². The molecule has 1 aromatic carbocycles. The monoisotopic (exact) mass is 329 g/mol. The van der Waals surface area contributed by atoms with Gasteiger partial charge in [0, 0.05) is 23.7 Å². The zero-order chi connectivity index (χ0) is 17.4. The average Bonchev–Trinajstić information content (AvgIpc) is 2.49. The molecule has 2 N–H and O–H groups in total. The Bertz CT molecular complexity index is 741. The molecular formula is C17H19N3O4. The Morgan fingerprint density at radius 3 is 2.62 bits per heavy atom. The van der Waals surface area contributed by atoms with Crippen molar-refractivity contribution in [3.8, 4) is 0 Å². The highest BCUT2D eigenvalue weighted by molar-refractivity contribution is 6.14. The summed E-state index contributed by atoms with van der Waals surface area (Å²) in [5.41, 5.74) is 1.84. The van der Waals surface area contributed by atoms with Gasteiger partial charge in [0.2, 0.25) is 17.7 Å². The Balaban J connectivity index is 1.95. The SMILES string of the molecule is CC(C)Nc1cccc2c1CC(=O)N(C1CCC(=O)NC1=O)C2=O. The van der Waals surface area contributed by atoms with Crippen molar-refractivity contribution in [3.05, 3.63) is 29.3 Å². The van der Waals surface area contributed by atoms with Crippen molar-refractivity contribution in [2.45, 2.75) is 45.2 Å². The van der Waals surface area contributed by atoms with Gasteiger partial charge in [-0.05, 0) is 38.0 Å². The molecule has 1 unspecified atom stereocenters.